The Bertz CT molecular complexity index is 599. The number of carbonyl (C=O) groups is 1. The van der Waals surface area contributed by atoms with E-state index in [1.165, 1.54) is 19.2 Å². The molecule has 0 bridgehead atoms. The van der Waals surface area contributed by atoms with E-state index in [9.17, 15) is 18.3 Å². The van der Waals surface area contributed by atoms with Gasteiger partial charge in [0.25, 0.3) is 0 Å². The van der Waals surface area contributed by atoms with E-state index in [-0.39, 0.29) is 23.7 Å². The highest BCUT2D eigenvalue weighted by atomic mass is 32.2. The molecule has 5 nitrogen and oxygen atoms in total. The molecule has 2 rings (SSSR count). The SMILES string of the molecule is COc1cccc(S(=O)(=O)C2(C(=O)O)CC(C)C2)c1. The lowest BCUT2D eigenvalue weighted by atomic mass is 9.75. The molecule has 1 aromatic carbocycles. The second-order valence-electron chi connectivity index (χ2n) is 5.00. The van der Waals surface area contributed by atoms with Crippen molar-refractivity contribution in [3.8, 4) is 5.75 Å². The standard InChI is InChI=1S/C13H16O5S/c1-9-7-13(8-9,12(14)15)19(16,17)11-5-3-4-10(6-11)18-2/h3-6,9H,7-8H2,1-2H3,(H,14,15). The number of sulfone groups is 1. The minimum absolute atomic E-state index is 0.00106. The number of rotatable bonds is 4. The van der Waals surface area contributed by atoms with Crippen LogP contribution in [0, 0.1) is 5.92 Å². The molecule has 1 N–H and O–H groups in total. The van der Waals surface area contributed by atoms with Crippen molar-refractivity contribution < 1.29 is 23.1 Å². The number of carboxylic acids is 1. The fraction of sp³-hybridized carbons (Fsp3) is 0.462. The molecule has 0 radical (unpaired) electrons. The third-order valence-corrected chi connectivity index (χ3v) is 6.02. The average Bonchev–Trinajstić information content (AvgIpc) is 2.34. The van der Waals surface area contributed by atoms with Crippen molar-refractivity contribution >= 4 is 15.8 Å². The quantitative estimate of drug-likeness (QED) is 0.910. The van der Waals surface area contributed by atoms with E-state index < -0.39 is 20.6 Å². The number of carboxylic acid groups (broad SMARTS) is 1. The van der Waals surface area contributed by atoms with Crippen LogP contribution in [0.15, 0.2) is 29.2 Å². The molecular formula is C13H16O5S. The molecule has 104 valence electrons. The van der Waals surface area contributed by atoms with Crippen LogP contribution in [0.2, 0.25) is 0 Å². The summed E-state index contributed by atoms with van der Waals surface area (Å²) in [5.74, 6) is -0.765. The van der Waals surface area contributed by atoms with Crippen LogP contribution in [-0.2, 0) is 14.6 Å². The van der Waals surface area contributed by atoms with Gasteiger partial charge in [0, 0.05) is 0 Å². The lowest BCUT2D eigenvalue weighted by Gasteiger charge is -2.41. The van der Waals surface area contributed by atoms with E-state index in [2.05, 4.69) is 0 Å². The van der Waals surface area contributed by atoms with Crippen molar-refractivity contribution in [2.75, 3.05) is 7.11 Å². The van der Waals surface area contributed by atoms with Crippen LogP contribution in [0.4, 0.5) is 0 Å². The van der Waals surface area contributed by atoms with Crippen molar-refractivity contribution in [1.82, 2.24) is 0 Å². The Morgan fingerprint density at radius 2 is 2.05 bits per heavy atom. The number of benzene rings is 1. The second kappa shape index (κ2) is 4.52. The van der Waals surface area contributed by atoms with Gasteiger partial charge in [-0.3, -0.25) is 4.79 Å². The first-order valence-electron chi connectivity index (χ1n) is 5.95. The number of hydrogen-bond donors (Lipinski definition) is 1. The zero-order valence-corrected chi connectivity index (χ0v) is 11.6. The first-order valence-corrected chi connectivity index (χ1v) is 7.44. The van der Waals surface area contributed by atoms with E-state index in [1.807, 2.05) is 6.92 Å². The van der Waals surface area contributed by atoms with E-state index in [1.54, 1.807) is 12.1 Å². The summed E-state index contributed by atoms with van der Waals surface area (Å²) in [7, 11) is -2.47. The van der Waals surface area contributed by atoms with Crippen molar-refractivity contribution in [2.45, 2.75) is 29.4 Å². The maximum Gasteiger partial charge on any atom is 0.325 e. The third kappa shape index (κ3) is 2.00. The van der Waals surface area contributed by atoms with E-state index in [0.717, 1.165) is 0 Å². The summed E-state index contributed by atoms with van der Waals surface area (Å²) in [5, 5.41) is 9.31. The molecule has 0 unspecified atom stereocenters. The highest BCUT2D eigenvalue weighted by Gasteiger charge is 2.59. The van der Waals surface area contributed by atoms with Crippen LogP contribution < -0.4 is 4.74 Å². The fourth-order valence-corrected chi connectivity index (χ4v) is 4.79. The number of ether oxygens (including phenoxy) is 1. The van der Waals surface area contributed by atoms with Gasteiger partial charge in [-0.2, -0.15) is 0 Å². The third-order valence-electron chi connectivity index (χ3n) is 3.61. The van der Waals surface area contributed by atoms with Gasteiger partial charge < -0.3 is 9.84 Å². The molecular weight excluding hydrogens is 268 g/mol. The predicted octanol–water partition coefficient (Wildman–Crippen LogP) is 1.72. The van der Waals surface area contributed by atoms with Crippen molar-refractivity contribution in [3.63, 3.8) is 0 Å². The molecule has 1 aliphatic rings. The van der Waals surface area contributed by atoms with Gasteiger partial charge >= 0.3 is 5.97 Å². The molecule has 0 spiro atoms. The van der Waals surface area contributed by atoms with Gasteiger partial charge in [-0.1, -0.05) is 13.0 Å². The lowest BCUT2D eigenvalue weighted by molar-refractivity contribution is -0.143. The fourth-order valence-electron chi connectivity index (χ4n) is 2.57. The summed E-state index contributed by atoms with van der Waals surface area (Å²) in [5.41, 5.74) is 0. The highest BCUT2D eigenvalue weighted by molar-refractivity contribution is 7.93. The molecule has 0 amide bonds. The van der Waals surface area contributed by atoms with Crippen molar-refractivity contribution in [3.05, 3.63) is 24.3 Å². The summed E-state index contributed by atoms with van der Waals surface area (Å²) in [6.07, 6.45) is 0.309. The lowest BCUT2D eigenvalue weighted by Crippen LogP contribution is -2.55. The predicted molar refractivity (Wildman–Crippen MR) is 68.9 cm³/mol. The first-order chi connectivity index (χ1) is 8.83. The molecule has 0 saturated heterocycles. The van der Waals surface area contributed by atoms with Crippen molar-refractivity contribution in [2.24, 2.45) is 5.92 Å². The first kappa shape index (κ1) is 13.9. The van der Waals surface area contributed by atoms with Crippen LogP contribution >= 0.6 is 0 Å². The zero-order chi connectivity index (χ0) is 14.3. The number of aliphatic carboxylic acids is 1. The zero-order valence-electron chi connectivity index (χ0n) is 10.8. The summed E-state index contributed by atoms with van der Waals surface area (Å²) in [6.45, 7) is 1.85. The minimum Gasteiger partial charge on any atom is -0.497 e. The average molecular weight is 284 g/mol. The Morgan fingerprint density at radius 1 is 1.42 bits per heavy atom. The molecule has 19 heavy (non-hydrogen) atoms. The maximum atomic E-state index is 12.6. The molecule has 1 saturated carbocycles. The summed E-state index contributed by atoms with van der Waals surface area (Å²) < 4.78 is 28.4. The van der Waals surface area contributed by atoms with Gasteiger partial charge in [-0.15, -0.1) is 0 Å². The normalized spacial score (nSPS) is 26.5. The molecule has 1 aliphatic carbocycles. The minimum atomic E-state index is -3.91. The summed E-state index contributed by atoms with van der Waals surface area (Å²) in [6, 6.07) is 5.94. The largest absolute Gasteiger partial charge is 0.497 e. The van der Waals surface area contributed by atoms with Gasteiger partial charge in [0.2, 0.25) is 0 Å². The number of methoxy groups -OCH3 is 1. The van der Waals surface area contributed by atoms with Crippen molar-refractivity contribution in [1.29, 1.82) is 0 Å². The summed E-state index contributed by atoms with van der Waals surface area (Å²) in [4.78, 5) is 11.4. The smallest absolute Gasteiger partial charge is 0.325 e. The van der Waals surface area contributed by atoms with Gasteiger partial charge in [0.05, 0.1) is 12.0 Å². The molecule has 1 aromatic rings. The van der Waals surface area contributed by atoms with Gasteiger partial charge in [0.1, 0.15) is 5.75 Å². The van der Waals surface area contributed by atoms with Crippen LogP contribution in [0.25, 0.3) is 0 Å². The highest BCUT2D eigenvalue weighted by Crippen LogP contribution is 2.47. The molecule has 0 aromatic heterocycles. The summed E-state index contributed by atoms with van der Waals surface area (Å²) >= 11 is 0. The Balaban J connectivity index is 2.49. The molecule has 1 fully saturated rings. The van der Waals surface area contributed by atoms with E-state index >= 15 is 0 Å². The molecule has 0 heterocycles. The Kier molecular flexibility index (Phi) is 3.30. The Labute approximate surface area is 112 Å². The number of hydrogen-bond acceptors (Lipinski definition) is 4. The van der Waals surface area contributed by atoms with E-state index in [4.69, 9.17) is 4.74 Å². The Morgan fingerprint density at radius 3 is 2.53 bits per heavy atom. The van der Waals surface area contributed by atoms with Gasteiger partial charge in [-0.25, -0.2) is 8.42 Å². The Hall–Kier alpha value is -1.56. The molecule has 0 atom stereocenters. The van der Waals surface area contributed by atoms with Crippen LogP contribution in [0.3, 0.4) is 0 Å². The van der Waals surface area contributed by atoms with Gasteiger partial charge in [0.15, 0.2) is 14.6 Å². The van der Waals surface area contributed by atoms with Crippen LogP contribution in [-0.4, -0.2) is 31.4 Å². The molecule has 0 aliphatic heterocycles. The van der Waals surface area contributed by atoms with Crippen LogP contribution in [0.5, 0.6) is 5.75 Å². The monoisotopic (exact) mass is 284 g/mol. The van der Waals surface area contributed by atoms with E-state index in [0.29, 0.717) is 5.75 Å². The second-order valence-corrected chi connectivity index (χ2v) is 7.26. The van der Waals surface area contributed by atoms with Gasteiger partial charge in [-0.05, 0) is 37.0 Å². The maximum absolute atomic E-state index is 12.6. The van der Waals surface area contributed by atoms with Crippen LogP contribution in [0.1, 0.15) is 19.8 Å². The topological polar surface area (TPSA) is 80.7 Å². The molecule has 6 heteroatoms.